The van der Waals surface area contributed by atoms with Gasteiger partial charge in [-0.05, 0) is 47.0 Å². The Morgan fingerprint density at radius 1 is 1.47 bits per heavy atom. The Hall–Kier alpha value is -0.990. The van der Waals surface area contributed by atoms with Gasteiger partial charge in [0.2, 0.25) is 10.0 Å². The summed E-state index contributed by atoms with van der Waals surface area (Å²) in [6, 6.07) is 3.12. The molecule has 0 aliphatic heterocycles. The van der Waals surface area contributed by atoms with E-state index in [1.807, 2.05) is 0 Å². The van der Waals surface area contributed by atoms with Gasteiger partial charge in [-0.3, -0.25) is 4.79 Å². The van der Waals surface area contributed by atoms with Crippen LogP contribution < -0.4 is 0 Å². The molecule has 0 amide bonds. The topological polar surface area (TPSA) is 74.7 Å². The van der Waals surface area contributed by atoms with E-state index >= 15 is 0 Å². The van der Waals surface area contributed by atoms with E-state index in [-0.39, 0.29) is 15.4 Å². The Kier molecular flexibility index (Phi) is 3.93. The third-order valence-electron chi connectivity index (χ3n) is 2.74. The highest BCUT2D eigenvalue weighted by molar-refractivity contribution is 9.10. The number of nitrogens with zero attached hydrogens (tertiary/aromatic N) is 1. The zero-order valence-corrected chi connectivity index (χ0v) is 12.1. The number of carbonyl (C=O) groups is 1. The van der Waals surface area contributed by atoms with Crippen molar-refractivity contribution in [3.8, 4) is 0 Å². The molecule has 0 spiro atoms. The minimum Gasteiger partial charge on any atom is -0.480 e. The van der Waals surface area contributed by atoms with E-state index in [4.69, 9.17) is 5.11 Å². The second-order valence-corrected chi connectivity index (χ2v) is 7.00. The Morgan fingerprint density at radius 3 is 2.58 bits per heavy atom. The second-order valence-electron chi connectivity index (χ2n) is 4.25. The van der Waals surface area contributed by atoms with Crippen LogP contribution in [0.3, 0.4) is 0 Å². The summed E-state index contributed by atoms with van der Waals surface area (Å²) in [6.07, 6.45) is 1.26. The quantitative estimate of drug-likeness (QED) is 0.877. The number of halogens is 2. The highest BCUT2D eigenvalue weighted by atomic mass is 79.9. The maximum Gasteiger partial charge on any atom is 0.318 e. The first-order valence-corrected chi connectivity index (χ1v) is 7.74. The number of benzene rings is 1. The van der Waals surface area contributed by atoms with E-state index in [1.165, 1.54) is 12.1 Å². The van der Waals surface area contributed by atoms with Crippen LogP contribution in [0, 0.1) is 5.82 Å². The van der Waals surface area contributed by atoms with Crippen molar-refractivity contribution in [3.05, 3.63) is 28.5 Å². The highest BCUT2D eigenvalue weighted by Gasteiger charge is 2.39. The summed E-state index contributed by atoms with van der Waals surface area (Å²) in [6.45, 7) is -0.606. The molecule has 8 heteroatoms. The van der Waals surface area contributed by atoms with Crippen LogP contribution in [0.15, 0.2) is 27.6 Å². The van der Waals surface area contributed by atoms with Crippen molar-refractivity contribution >= 4 is 31.9 Å². The predicted octanol–water partition coefficient (Wildman–Crippen LogP) is 1.83. The zero-order chi connectivity index (χ0) is 14.2. The van der Waals surface area contributed by atoms with E-state index in [1.54, 1.807) is 0 Å². The van der Waals surface area contributed by atoms with Gasteiger partial charge in [0, 0.05) is 6.04 Å². The maximum atomic E-state index is 13.4. The second kappa shape index (κ2) is 5.18. The average molecular weight is 352 g/mol. The fourth-order valence-corrected chi connectivity index (χ4v) is 3.57. The number of hydrogen-bond donors (Lipinski definition) is 1. The van der Waals surface area contributed by atoms with Crippen LogP contribution in [0.25, 0.3) is 0 Å². The molecule has 0 heterocycles. The van der Waals surface area contributed by atoms with Crippen LogP contribution >= 0.6 is 15.9 Å². The lowest BCUT2D eigenvalue weighted by Gasteiger charge is -2.19. The van der Waals surface area contributed by atoms with Crippen LogP contribution in [0.4, 0.5) is 4.39 Å². The van der Waals surface area contributed by atoms with E-state index < -0.39 is 28.4 Å². The van der Waals surface area contributed by atoms with Crippen molar-refractivity contribution in [1.82, 2.24) is 4.31 Å². The molecule has 1 N–H and O–H groups in total. The molecular weight excluding hydrogens is 341 g/mol. The van der Waals surface area contributed by atoms with Gasteiger partial charge in [-0.1, -0.05) is 0 Å². The van der Waals surface area contributed by atoms with Crippen LogP contribution in [0.5, 0.6) is 0 Å². The van der Waals surface area contributed by atoms with Gasteiger partial charge in [-0.25, -0.2) is 12.8 Å². The number of carboxylic acid groups (broad SMARTS) is 1. The molecule has 5 nitrogen and oxygen atoms in total. The molecule has 0 bridgehead atoms. The maximum absolute atomic E-state index is 13.4. The number of aliphatic carboxylic acids is 1. The van der Waals surface area contributed by atoms with Crippen LogP contribution in [0.1, 0.15) is 12.8 Å². The van der Waals surface area contributed by atoms with Gasteiger partial charge in [-0.2, -0.15) is 4.31 Å². The number of sulfonamides is 1. The summed E-state index contributed by atoms with van der Waals surface area (Å²) in [5, 5.41) is 8.78. The standard InChI is InChI=1S/C11H11BrFNO4S/c12-9-4-3-8(5-10(9)13)19(17,18)14(6-11(15)16)7-1-2-7/h3-5,7H,1-2,6H2,(H,15,16). The fraction of sp³-hybridized carbons (Fsp3) is 0.364. The zero-order valence-electron chi connectivity index (χ0n) is 9.71. The number of hydrogen-bond acceptors (Lipinski definition) is 3. The van der Waals surface area contributed by atoms with E-state index in [0.29, 0.717) is 12.8 Å². The SMILES string of the molecule is O=C(O)CN(C1CC1)S(=O)(=O)c1ccc(Br)c(F)c1. The summed E-state index contributed by atoms with van der Waals surface area (Å²) in [4.78, 5) is 10.5. The Balaban J connectivity index is 2.38. The molecule has 1 aromatic carbocycles. The summed E-state index contributed by atoms with van der Waals surface area (Å²) < 4.78 is 39.1. The lowest BCUT2D eigenvalue weighted by Crippen LogP contribution is -2.37. The predicted molar refractivity (Wildman–Crippen MR) is 68.6 cm³/mol. The van der Waals surface area contributed by atoms with E-state index in [0.717, 1.165) is 10.4 Å². The van der Waals surface area contributed by atoms with Gasteiger partial charge < -0.3 is 5.11 Å². The molecule has 1 saturated carbocycles. The molecule has 19 heavy (non-hydrogen) atoms. The van der Waals surface area contributed by atoms with Gasteiger partial charge >= 0.3 is 5.97 Å². The molecule has 1 fully saturated rings. The average Bonchev–Trinajstić information content (AvgIpc) is 3.13. The summed E-state index contributed by atoms with van der Waals surface area (Å²) in [5.74, 6) is -1.93. The molecule has 1 aliphatic carbocycles. The molecule has 0 radical (unpaired) electrons. The van der Waals surface area contributed by atoms with Gasteiger partial charge in [0.25, 0.3) is 0 Å². The smallest absolute Gasteiger partial charge is 0.318 e. The third kappa shape index (κ3) is 3.13. The van der Waals surface area contributed by atoms with Crippen LogP contribution in [0.2, 0.25) is 0 Å². The lowest BCUT2D eigenvalue weighted by atomic mass is 10.3. The molecule has 2 rings (SSSR count). The van der Waals surface area contributed by atoms with Gasteiger partial charge in [0.15, 0.2) is 0 Å². The molecule has 1 aliphatic rings. The van der Waals surface area contributed by atoms with Crippen LogP contribution in [-0.4, -0.2) is 36.4 Å². The van der Waals surface area contributed by atoms with Crippen LogP contribution in [-0.2, 0) is 14.8 Å². The minimum absolute atomic E-state index is 0.155. The lowest BCUT2D eigenvalue weighted by molar-refractivity contribution is -0.137. The number of rotatable bonds is 5. The Morgan fingerprint density at radius 2 is 2.11 bits per heavy atom. The molecule has 0 atom stereocenters. The molecule has 1 aromatic rings. The highest BCUT2D eigenvalue weighted by Crippen LogP contribution is 2.32. The molecular formula is C11H11BrFNO4S. The van der Waals surface area contributed by atoms with Crippen molar-refractivity contribution in [1.29, 1.82) is 0 Å². The first-order chi connectivity index (χ1) is 8.82. The van der Waals surface area contributed by atoms with Crippen molar-refractivity contribution < 1.29 is 22.7 Å². The van der Waals surface area contributed by atoms with Gasteiger partial charge in [0.05, 0.1) is 9.37 Å². The molecule has 0 saturated heterocycles. The first kappa shape index (κ1) is 14.4. The van der Waals surface area contributed by atoms with E-state index in [2.05, 4.69) is 15.9 Å². The van der Waals surface area contributed by atoms with Crippen molar-refractivity contribution in [2.24, 2.45) is 0 Å². The normalized spacial score (nSPS) is 15.7. The van der Waals surface area contributed by atoms with Gasteiger partial charge in [-0.15, -0.1) is 0 Å². The minimum atomic E-state index is -3.98. The summed E-state index contributed by atoms with van der Waals surface area (Å²) in [5.41, 5.74) is 0. The first-order valence-electron chi connectivity index (χ1n) is 5.51. The molecule has 0 aromatic heterocycles. The van der Waals surface area contributed by atoms with Crippen molar-refractivity contribution in [3.63, 3.8) is 0 Å². The third-order valence-corrected chi connectivity index (χ3v) is 5.28. The molecule has 104 valence electrons. The van der Waals surface area contributed by atoms with Crippen molar-refractivity contribution in [2.45, 2.75) is 23.8 Å². The van der Waals surface area contributed by atoms with Gasteiger partial charge in [0.1, 0.15) is 12.4 Å². The Labute approximate surface area is 118 Å². The van der Waals surface area contributed by atoms with Crippen molar-refractivity contribution in [2.75, 3.05) is 6.54 Å². The largest absolute Gasteiger partial charge is 0.480 e. The van der Waals surface area contributed by atoms with E-state index in [9.17, 15) is 17.6 Å². The summed E-state index contributed by atoms with van der Waals surface area (Å²) in [7, 11) is -3.98. The molecule has 0 unspecified atom stereocenters. The number of carboxylic acids is 1. The monoisotopic (exact) mass is 351 g/mol. The Bertz CT molecular complexity index is 615. The summed E-state index contributed by atoms with van der Waals surface area (Å²) >= 11 is 2.94. The fourth-order valence-electron chi connectivity index (χ4n) is 1.68.